The minimum atomic E-state index is -0.105. The van der Waals surface area contributed by atoms with Gasteiger partial charge in [-0.25, -0.2) is 9.97 Å². The first-order chi connectivity index (χ1) is 11.5. The first-order valence-corrected chi connectivity index (χ1v) is 8.36. The van der Waals surface area contributed by atoms with E-state index in [1.165, 1.54) is 0 Å². The Balaban J connectivity index is 1.53. The van der Waals surface area contributed by atoms with Gasteiger partial charge in [-0.15, -0.1) is 0 Å². The van der Waals surface area contributed by atoms with Crippen molar-refractivity contribution in [2.45, 2.75) is 45.6 Å². The lowest BCUT2D eigenvalue weighted by atomic mass is 9.93. The lowest BCUT2D eigenvalue weighted by Gasteiger charge is -2.32. The number of imidazole rings is 1. The van der Waals surface area contributed by atoms with Crippen LogP contribution in [0, 0.1) is 13.8 Å². The Kier molecular flexibility index (Phi) is 4.78. The van der Waals surface area contributed by atoms with Crippen molar-refractivity contribution < 1.29 is 4.79 Å². The highest BCUT2D eigenvalue weighted by Crippen LogP contribution is 2.26. The molecule has 24 heavy (non-hydrogen) atoms. The minimum Gasteiger partial charge on any atom is -0.343 e. The maximum Gasteiger partial charge on any atom is 0.251 e. The minimum absolute atomic E-state index is 0.105. The summed E-state index contributed by atoms with van der Waals surface area (Å²) >= 11 is 0. The molecule has 7 nitrogen and oxygen atoms in total. The Labute approximate surface area is 140 Å². The van der Waals surface area contributed by atoms with E-state index in [0.717, 1.165) is 37.4 Å². The van der Waals surface area contributed by atoms with Gasteiger partial charge < -0.3 is 14.5 Å². The maximum absolute atomic E-state index is 12.4. The van der Waals surface area contributed by atoms with Crippen LogP contribution in [0.15, 0.2) is 23.3 Å². The zero-order chi connectivity index (χ0) is 17.1. The van der Waals surface area contributed by atoms with Gasteiger partial charge in [-0.1, -0.05) is 0 Å². The molecular formula is C17H23N5O2. The molecular weight excluding hydrogens is 306 g/mol. The standard InChI is InChI=1S/C17H23N5O2/c1-12-19-15(11-16(23)20-12)14-3-7-22(8-4-14)17(24)5-9-21-10-6-18-13(21)2/h6,10-11,14H,3-5,7-9H2,1-2H3,(H,19,20,23). The van der Waals surface area contributed by atoms with Crippen molar-refractivity contribution in [1.29, 1.82) is 0 Å². The molecule has 128 valence electrons. The molecule has 1 aliphatic heterocycles. The highest BCUT2D eigenvalue weighted by molar-refractivity contribution is 5.76. The lowest BCUT2D eigenvalue weighted by Crippen LogP contribution is -2.38. The van der Waals surface area contributed by atoms with Crippen molar-refractivity contribution in [3.8, 4) is 0 Å². The number of nitrogens with zero attached hydrogens (tertiary/aromatic N) is 4. The summed E-state index contributed by atoms with van der Waals surface area (Å²) in [6, 6.07) is 1.58. The third-order valence-corrected chi connectivity index (χ3v) is 4.64. The number of rotatable bonds is 4. The van der Waals surface area contributed by atoms with Gasteiger partial charge in [0.05, 0.1) is 5.69 Å². The Morgan fingerprint density at radius 3 is 2.71 bits per heavy atom. The molecule has 0 unspecified atom stereocenters. The van der Waals surface area contributed by atoms with Gasteiger partial charge in [-0.2, -0.15) is 0 Å². The van der Waals surface area contributed by atoms with E-state index in [1.807, 2.05) is 22.6 Å². The highest BCUT2D eigenvalue weighted by Gasteiger charge is 2.24. The predicted molar refractivity (Wildman–Crippen MR) is 89.7 cm³/mol. The molecule has 0 saturated carbocycles. The summed E-state index contributed by atoms with van der Waals surface area (Å²) in [6.07, 6.45) is 5.85. The number of aromatic nitrogens is 4. The number of carbonyl (C=O) groups is 1. The van der Waals surface area contributed by atoms with E-state index in [0.29, 0.717) is 18.8 Å². The van der Waals surface area contributed by atoms with Gasteiger partial charge in [-0.05, 0) is 26.7 Å². The third-order valence-electron chi connectivity index (χ3n) is 4.64. The second-order valence-corrected chi connectivity index (χ2v) is 6.33. The van der Waals surface area contributed by atoms with Crippen LogP contribution in [0.2, 0.25) is 0 Å². The summed E-state index contributed by atoms with van der Waals surface area (Å²) in [5.41, 5.74) is 0.740. The summed E-state index contributed by atoms with van der Waals surface area (Å²) in [7, 11) is 0. The van der Waals surface area contributed by atoms with Crippen molar-refractivity contribution in [1.82, 2.24) is 24.4 Å². The van der Waals surface area contributed by atoms with Gasteiger partial charge >= 0.3 is 0 Å². The van der Waals surface area contributed by atoms with Crippen LogP contribution in [0.25, 0.3) is 0 Å². The first kappa shape index (κ1) is 16.4. The summed E-state index contributed by atoms with van der Waals surface area (Å²) in [4.78, 5) is 37.2. The SMILES string of the molecule is Cc1nc(C2CCN(C(=O)CCn3ccnc3C)CC2)cc(=O)[nH]1. The number of H-pyrrole nitrogens is 1. The largest absolute Gasteiger partial charge is 0.343 e. The zero-order valence-corrected chi connectivity index (χ0v) is 14.2. The smallest absolute Gasteiger partial charge is 0.251 e. The number of hydrogen-bond acceptors (Lipinski definition) is 4. The van der Waals surface area contributed by atoms with E-state index < -0.39 is 0 Å². The van der Waals surface area contributed by atoms with Crippen LogP contribution < -0.4 is 5.56 Å². The second-order valence-electron chi connectivity index (χ2n) is 6.33. The van der Waals surface area contributed by atoms with Crippen LogP contribution in [0.5, 0.6) is 0 Å². The molecule has 0 bridgehead atoms. The number of hydrogen-bond donors (Lipinski definition) is 1. The van der Waals surface area contributed by atoms with E-state index in [-0.39, 0.29) is 17.4 Å². The summed E-state index contributed by atoms with van der Waals surface area (Å²) < 4.78 is 1.99. The number of likely N-dealkylation sites (tertiary alicyclic amines) is 1. The predicted octanol–water partition coefficient (Wildman–Crippen LogP) is 1.38. The first-order valence-electron chi connectivity index (χ1n) is 8.36. The zero-order valence-electron chi connectivity index (χ0n) is 14.2. The molecule has 1 amide bonds. The molecule has 0 aromatic carbocycles. The van der Waals surface area contributed by atoms with E-state index >= 15 is 0 Å². The van der Waals surface area contributed by atoms with E-state index in [2.05, 4.69) is 15.0 Å². The lowest BCUT2D eigenvalue weighted by molar-refractivity contribution is -0.132. The molecule has 2 aromatic heterocycles. The number of aromatic amines is 1. The Bertz CT molecular complexity index is 771. The van der Waals surface area contributed by atoms with Crippen molar-refractivity contribution in [3.05, 3.63) is 46.2 Å². The monoisotopic (exact) mass is 329 g/mol. The molecule has 3 heterocycles. The van der Waals surface area contributed by atoms with Crippen LogP contribution in [-0.4, -0.2) is 43.4 Å². The molecule has 7 heteroatoms. The molecule has 1 N–H and O–H groups in total. The fourth-order valence-corrected chi connectivity index (χ4v) is 3.25. The molecule has 1 saturated heterocycles. The molecule has 0 radical (unpaired) electrons. The van der Waals surface area contributed by atoms with Gasteiger partial charge in [0.2, 0.25) is 5.91 Å². The fraction of sp³-hybridized carbons (Fsp3) is 0.529. The van der Waals surface area contributed by atoms with Gasteiger partial charge in [0.1, 0.15) is 11.6 Å². The van der Waals surface area contributed by atoms with Gasteiger partial charge in [0.25, 0.3) is 5.56 Å². The molecule has 3 rings (SSSR count). The Morgan fingerprint density at radius 2 is 2.08 bits per heavy atom. The van der Waals surface area contributed by atoms with Crippen molar-refractivity contribution in [2.75, 3.05) is 13.1 Å². The molecule has 1 aliphatic rings. The number of carbonyl (C=O) groups excluding carboxylic acids is 1. The van der Waals surface area contributed by atoms with Crippen molar-refractivity contribution in [3.63, 3.8) is 0 Å². The molecule has 2 aromatic rings. The van der Waals surface area contributed by atoms with E-state index in [1.54, 1.807) is 19.2 Å². The quantitative estimate of drug-likeness (QED) is 0.918. The second kappa shape index (κ2) is 6.98. The highest BCUT2D eigenvalue weighted by atomic mass is 16.2. The Hall–Kier alpha value is -2.44. The average Bonchev–Trinajstić information content (AvgIpc) is 2.97. The normalized spacial score (nSPS) is 15.7. The summed E-state index contributed by atoms with van der Waals surface area (Å²) in [6.45, 7) is 5.84. The van der Waals surface area contributed by atoms with Crippen LogP contribution >= 0.6 is 0 Å². The van der Waals surface area contributed by atoms with E-state index in [9.17, 15) is 9.59 Å². The third kappa shape index (κ3) is 3.72. The Morgan fingerprint density at radius 1 is 1.33 bits per heavy atom. The summed E-state index contributed by atoms with van der Waals surface area (Å²) in [5.74, 6) is 2.01. The maximum atomic E-state index is 12.4. The van der Waals surface area contributed by atoms with Crippen LogP contribution in [-0.2, 0) is 11.3 Å². The van der Waals surface area contributed by atoms with Crippen LogP contribution in [0.4, 0.5) is 0 Å². The number of nitrogens with one attached hydrogen (secondary N) is 1. The average molecular weight is 329 g/mol. The van der Waals surface area contributed by atoms with E-state index in [4.69, 9.17) is 0 Å². The summed E-state index contributed by atoms with van der Waals surface area (Å²) in [5, 5.41) is 0. The van der Waals surface area contributed by atoms with Gasteiger partial charge in [-0.3, -0.25) is 9.59 Å². The topological polar surface area (TPSA) is 83.9 Å². The molecule has 0 atom stereocenters. The number of amides is 1. The molecule has 0 spiro atoms. The molecule has 1 fully saturated rings. The number of piperidine rings is 1. The van der Waals surface area contributed by atoms with Gasteiger partial charge in [0, 0.05) is 50.4 Å². The van der Waals surface area contributed by atoms with Crippen LogP contribution in [0.1, 0.15) is 42.5 Å². The van der Waals surface area contributed by atoms with Crippen LogP contribution in [0.3, 0.4) is 0 Å². The molecule has 0 aliphatic carbocycles. The van der Waals surface area contributed by atoms with Crippen molar-refractivity contribution >= 4 is 5.91 Å². The fourth-order valence-electron chi connectivity index (χ4n) is 3.25. The number of aryl methyl sites for hydroxylation is 3. The van der Waals surface area contributed by atoms with Crippen molar-refractivity contribution in [2.24, 2.45) is 0 Å². The van der Waals surface area contributed by atoms with Gasteiger partial charge in [0.15, 0.2) is 0 Å².